The molecule has 0 aliphatic heterocycles. The average molecular weight is 282 g/mol. The molecule has 1 nitrogen and oxygen atoms in total. The van der Waals surface area contributed by atoms with Crippen LogP contribution in [-0.2, 0) is 12.3 Å². The summed E-state index contributed by atoms with van der Waals surface area (Å²) in [7, 11) is 2.25. The van der Waals surface area contributed by atoms with Gasteiger partial charge in [0.05, 0.1) is 0 Å². The Balaban J connectivity index is 1.90. The summed E-state index contributed by atoms with van der Waals surface area (Å²) in [6.07, 6.45) is 0. The van der Waals surface area contributed by atoms with E-state index in [-0.39, 0.29) is 10.7 Å². The Kier molecular flexibility index (Phi) is 6.09. The van der Waals surface area contributed by atoms with Gasteiger partial charge < -0.3 is 0 Å². The van der Waals surface area contributed by atoms with Crippen molar-refractivity contribution in [3.05, 3.63) is 65.7 Å². The van der Waals surface area contributed by atoms with Crippen molar-refractivity contribution >= 4 is 28.8 Å². The molecule has 103 valence electrons. The van der Waals surface area contributed by atoms with E-state index < -0.39 is 0 Å². The molecule has 2 rings (SSSR count). The van der Waals surface area contributed by atoms with Crippen molar-refractivity contribution in [2.75, 3.05) is 0 Å². The van der Waals surface area contributed by atoms with Gasteiger partial charge >= 0.3 is 0 Å². The lowest BCUT2D eigenvalue weighted by Gasteiger charge is -2.11. The molecule has 2 aromatic rings. The van der Waals surface area contributed by atoms with Crippen LogP contribution in [0.4, 0.5) is 0 Å². The second kappa shape index (κ2) is 8.08. The molecular formula is C17H21BNS. The van der Waals surface area contributed by atoms with Gasteiger partial charge in [0, 0.05) is 12.3 Å². The van der Waals surface area contributed by atoms with Crippen LogP contribution in [0.1, 0.15) is 18.1 Å². The van der Waals surface area contributed by atoms with Gasteiger partial charge in [0.2, 0.25) is 0 Å². The fraction of sp³-hybridized carbons (Fsp3) is 0.235. The summed E-state index contributed by atoms with van der Waals surface area (Å²) in [5, 5.41) is 2.27. The molecule has 20 heavy (non-hydrogen) atoms. The van der Waals surface area contributed by atoms with E-state index in [1.807, 2.05) is 0 Å². The number of nitrogens with one attached hydrogen (secondary N) is 1. The first-order valence-corrected chi connectivity index (χ1v) is 8.42. The topological polar surface area (TPSA) is 12.0 Å². The van der Waals surface area contributed by atoms with Gasteiger partial charge in [0.25, 0.3) is 0 Å². The minimum atomic E-state index is 0.127. The first kappa shape index (κ1) is 15.1. The molecule has 0 saturated heterocycles. The van der Waals surface area contributed by atoms with E-state index in [4.69, 9.17) is 0 Å². The number of hydrogen-bond acceptors (Lipinski definition) is 1. The van der Waals surface area contributed by atoms with Crippen molar-refractivity contribution in [2.45, 2.75) is 26.0 Å². The molecule has 1 atom stereocenters. The Morgan fingerprint density at radius 3 is 2.30 bits per heavy atom. The third-order valence-corrected chi connectivity index (χ3v) is 4.95. The Hall–Kier alpha value is -1.32. The molecule has 2 aromatic carbocycles. The van der Waals surface area contributed by atoms with Crippen molar-refractivity contribution in [1.82, 2.24) is 4.72 Å². The van der Waals surface area contributed by atoms with Gasteiger partial charge in [-0.1, -0.05) is 66.9 Å². The standard InChI is InChI=1S/C17H21BNS/c1-3-20(14-16-7-5-4-6-8-16)19-13-15-9-11-17(18-2)12-10-15/h3-12,19H,13-14H2,1-2H3. The molecule has 0 spiro atoms. The van der Waals surface area contributed by atoms with Crippen LogP contribution in [0.2, 0.25) is 6.82 Å². The number of rotatable bonds is 6. The average Bonchev–Trinajstić information content (AvgIpc) is 2.53. The van der Waals surface area contributed by atoms with Gasteiger partial charge in [0.15, 0.2) is 0 Å². The Bertz CT molecular complexity index is 549. The summed E-state index contributed by atoms with van der Waals surface area (Å²) >= 11 is 0. The van der Waals surface area contributed by atoms with Gasteiger partial charge in [-0.25, -0.2) is 0 Å². The lowest BCUT2D eigenvalue weighted by molar-refractivity contribution is 0.973. The van der Waals surface area contributed by atoms with E-state index in [9.17, 15) is 0 Å². The second-order valence-corrected chi connectivity index (χ2v) is 6.55. The number of benzene rings is 2. The quantitative estimate of drug-likeness (QED) is 0.633. The van der Waals surface area contributed by atoms with E-state index in [1.54, 1.807) is 0 Å². The minimum Gasteiger partial charge on any atom is -0.265 e. The SMILES string of the molecule is C[B]c1ccc(CN/S(=C/C)Cc2ccccc2)cc1. The molecule has 1 radical (unpaired) electrons. The zero-order chi connectivity index (χ0) is 14.2. The molecular weight excluding hydrogens is 261 g/mol. The molecule has 0 fully saturated rings. The van der Waals surface area contributed by atoms with Crippen LogP contribution in [-0.4, -0.2) is 12.6 Å². The van der Waals surface area contributed by atoms with Crippen molar-refractivity contribution in [3.8, 4) is 0 Å². The Morgan fingerprint density at radius 1 is 1.00 bits per heavy atom. The molecule has 0 aliphatic rings. The molecule has 0 aliphatic carbocycles. The smallest absolute Gasteiger partial charge is 0.148 e. The fourth-order valence-corrected chi connectivity index (χ4v) is 3.31. The first-order valence-electron chi connectivity index (χ1n) is 6.96. The van der Waals surface area contributed by atoms with Gasteiger partial charge in [0.1, 0.15) is 7.28 Å². The Morgan fingerprint density at radius 2 is 1.70 bits per heavy atom. The second-order valence-electron chi connectivity index (χ2n) is 4.65. The highest BCUT2D eigenvalue weighted by Crippen LogP contribution is 2.16. The fourth-order valence-electron chi connectivity index (χ4n) is 1.98. The van der Waals surface area contributed by atoms with Crippen molar-refractivity contribution in [3.63, 3.8) is 0 Å². The van der Waals surface area contributed by atoms with E-state index in [2.05, 4.69) is 85.7 Å². The summed E-state index contributed by atoms with van der Waals surface area (Å²) in [5.74, 6) is 1.07. The predicted octanol–water partition coefficient (Wildman–Crippen LogP) is 3.36. The van der Waals surface area contributed by atoms with Crippen LogP contribution in [0.25, 0.3) is 0 Å². The van der Waals surface area contributed by atoms with Crippen LogP contribution >= 0.6 is 10.7 Å². The predicted molar refractivity (Wildman–Crippen MR) is 94.0 cm³/mol. The normalized spacial score (nSPS) is 12.3. The van der Waals surface area contributed by atoms with E-state index >= 15 is 0 Å². The third-order valence-electron chi connectivity index (χ3n) is 3.22. The summed E-state index contributed by atoms with van der Waals surface area (Å²) in [4.78, 5) is 0. The summed E-state index contributed by atoms with van der Waals surface area (Å²) < 4.78 is 3.63. The third kappa shape index (κ3) is 4.66. The lowest BCUT2D eigenvalue weighted by Crippen LogP contribution is -2.12. The maximum absolute atomic E-state index is 3.63. The Labute approximate surface area is 125 Å². The van der Waals surface area contributed by atoms with E-state index in [0.29, 0.717) is 0 Å². The van der Waals surface area contributed by atoms with Gasteiger partial charge in [-0.2, -0.15) is 0 Å². The van der Waals surface area contributed by atoms with E-state index in [1.165, 1.54) is 16.6 Å². The van der Waals surface area contributed by atoms with Crippen molar-refractivity contribution in [2.24, 2.45) is 0 Å². The summed E-state index contributed by atoms with van der Waals surface area (Å²) in [5.41, 5.74) is 4.00. The van der Waals surface area contributed by atoms with Gasteiger partial charge in [-0.05, 0) is 23.4 Å². The van der Waals surface area contributed by atoms with Crippen LogP contribution < -0.4 is 10.2 Å². The summed E-state index contributed by atoms with van der Waals surface area (Å²) in [6.45, 7) is 5.12. The molecule has 0 aromatic heterocycles. The maximum atomic E-state index is 3.63. The zero-order valence-electron chi connectivity index (χ0n) is 12.2. The van der Waals surface area contributed by atoms with Crippen LogP contribution in [0.15, 0.2) is 54.6 Å². The highest BCUT2D eigenvalue weighted by Gasteiger charge is 1.98. The number of hydrogen-bond donors (Lipinski definition) is 1. The molecule has 0 heterocycles. The highest BCUT2D eigenvalue weighted by atomic mass is 32.2. The summed E-state index contributed by atoms with van der Waals surface area (Å²) in [6, 6.07) is 19.4. The largest absolute Gasteiger partial charge is 0.265 e. The first-order chi connectivity index (χ1) is 9.81. The highest BCUT2D eigenvalue weighted by molar-refractivity contribution is 8.12. The zero-order valence-corrected chi connectivity index (χ0v) is 13.0. The molecule has 0 saturated carbocycles. The van der Waals surface area contributed by atoms with Gasteiger partial charge in [-0.3, -0.25) is 4.72 Å². The van der Waals surface area contributed by atoms with Crippen molar-refractivity contribution < 1.29 is 0 Å². The van der Waals surface area contributed by atoms with Crippen molar-refractivity contribution in [1.29, 1.82) is 0 Å². The van der Waals surface area contributed by atoms with Gasteiger partial charge in [-0.15, -0.1) is 10.7 Å². The lowest BCUT2D eigenvalue weighted by atomic mass is 9.73. The van der Waals surface area contributed by atoms with Crippen LogP contribution in [0, 0.1) is 0 Å². The monoisotopic (exact) mass is 282 g/mol. The molecule has 0 amide bonds. The molecule has 1 unspecified atom stereocenters. The molecule has 1 N–H and O–H groups in total. The van der Waals surface area contributed by atoms with Crippen LogP contribution in [0.5, 0.6) is 0 Å². The van der Waals surface area contributed by atoms with E-state index in [0.717, 1.165) is 12.3 Å². The molecule has 0 bridgehead atoms. The molecule has 3 heteroatoms. The van der Waals surface area contributed by atoms with Crippen LogP contribution in [0.3, 0.4) is 0 Å². The minimum absolute atomic E-state index is 0.127. The maximum Gasteiger partial charge on any atom is 0.148 e.